The van der Waals surface area contributed by atoms with Crippen LogP contribution in [0.15, 0.2) is 36.8 Å². The Morgan fingerprint density at radius 3 is 2.77 bits per heavy atom. The highest BCUT2D eigenvalue weighted by Crippen LogP contribution is 2.23. The van der Waals surface area contributed by atoms with Crippen LogP contribution in [0, 0.1) is 0 Å². The molecule has 3 aromatic rings. The first-order chi connectivity index (χ1) is 10.6. The Morgan fingerprint density at radius 2 is 2.00 bits per heavy atom. The zero-order valence-electron chi connectivity index (χ0n) is 12.2. The maximum atomic E-state index is 6.00. The van der Waals surface area contributed by atoms with E-state index in [1.165, 1.54) is 6.33 Å². The molecular formula is C15H15ClN6. The number of hydrogen-bond acceptors (Lipinski definition) is 6. The predicted octanol–water partition coefficient (Wildman–Crippen LogP) is 3.64. The molecule has 1 aromatic carbocycles. The van der Waals surface area contributed by atoms with E-state index in [2.05, 4.69) is 30.6 Å². The maximum Gasteiger partial charge on any atom is 0.223 e. The van der Waals surface area contributed by atoms with Crippen molar-refractivity contribution >= 4 is 40.1 Å². The molecule has 0 unspecified atom stereocenters. The van der Waals surface area contributed by atoms with Gasteiger partial charge in [0.1, 0.15) is 17.4 Å². The lowest BCUT2D eigenvalue weighted by molar-refractivity contribution is 0.877. The molecular weight excluding hydrogens is 300 g/mol. The van der Waals surface area contributed by atoms with E-state index in [9.17, 15) is 0 Å². The highest BCUT2D eigenvalue weighted by atomic mass is 35.5. The van der Waals surface area contributed by atoms with Crippen molar-refractivity contribution < 1.29 is 0 Å². The average molecular weight is 315 g/mol. The lowest BCUT2D eigenvalue weighted by Crippen LogP contribution is -2.12. The van der Waals surface area contributed by atoms with Gasteiger partial charge in [-0.25, -0.2) is 19.9 Å². The van der Waals surface area contributed by atoms with Crippen molar-refractivity contribution in [3.05, 3.63) is 41.8 Å². The van der Waals surface area contributed by atoms with Gasteiger partial charge < -0.3 is 10.6 Å². The second kappa shape index (κ2) is 6.11. The lowest BCUT2D eigenvalue weighted by atomic mass is 10.3. The van der Waals surface area contributed by atoms with Crippen LogP contribution in [0.3, 0.4) is 0 Å². The minimum absolute atomic E-state index is 0.242. The fraction of sp³-hybridized carbons (Fsp3) is 0.200. The molecule has 0 fully saturated rings. The van der Waals surface area contributed by atoms with Crippen molar-refractivity contribution in [2.75, 3.05) is 10.6 Å². The van der Waals surface area contributed by atoms with E-state index in [0.717, 1.165) is 5.69 Å². The van der Waals surface area contributed by atoms with Crippen molar-refractivity contribution in [3.63, 3.8) is 0 Å². The molecule has 2 aromatic heterocycles. The predicted molar refractivity (Wildman–Crippen MR) is 88.6 cm³/mol. The van der Waals surface area contributed by atoms with Crippen molar-refractivity contribution in [2.45, 2.75) is 19.9 Å². The van der Waals surface area contributed by atoms with Crippen molar-refractivity contribution in [1.82, 2.24) is 19.9 Å². The first-order valence-electron chi connectivity index (χ1n) is 6.89. The Labute approximate surface area is 133 Å². The third-order valence-electron chi connectivity index (χ3n) is 2.88. The zero-order chi connectivity index (χ0) is 15.5. The highest BCUT2D eigenvalue weighted by molar-refractivity contribution is 6.30. The minimum atomic E-state index is 0.242. The molecule has 0 spiro atoms. The fourth-order valence-electron chi connectivity index (χ4n) is 1.98. The van der Waals surface area contributed by atoms with Gasteiger partial charge in [-0.2, -0.15) is 0 Å². The Balaban J connectivity index is 2.01. The van der Waals surface area contributed by atoms with Crippen molar-refractivity contribution in [1.29, 1.82) is 0 Å². The highest BCUT2D eigenvalue weighted by Gasteiger charge is 2.08. The molecule has 2 N–H and O–H groups in total. The third kappa shape index (κ3) is 3.23. The van der Waals surface area contributed by atoms with Crippen LogP contribution < -0.4 is 10.6 Å². The molecule has 6 nitrogen and oxygen atoms in total. The molecule has 3 rings (SSSR count). The van der Waals surface area contributed by atoms with Gasteiger partial charge in [0.25, 0.3) is 0 Å². The molecule has 0 aliphatic carbocycles. The van der Waals surface area contributed by atoms with E-state index in [1.54, 1.807) is 6.20 Å². The largest absolute Gasteiger partial charge is 0.352 e. The number of benzene rings is 1. The number of fused-ring (bicyclic) bond motifs is 1. The van der Waals surface area contributed by atoms with Gasteiger partial charge in [-0.1, -0.05) is 17.7 Å². The van der Waals surface area contributed by atoms with Gasteiger partial charge in [-0.15, -0.1) is 0 Å². The summed E-state index contributed by atoms with van der Waals surface area (Å²) in [5.41, 5.74) is 2.17. The van der Waals surface area contributed by atoms with E-state index in [1.807, 2.05) is 38.1 Å². The number of hydrogen-bond donors (Lipinski definition) is 2. The second-order valence-corrected chi connectivity index (χ2v) is 5.52. The van der Waals surface area contributed by atoms with Crippen LogP contribution in [0.25, 0.3) is 11.0 Å². The van der Waals surface area contributed by atoms with E-state index in [-0.39, 0.29) is 6.04 Å². The molecule has 0 amide bonds. The van der Waals surface area contributed by atoms with Gasteiger partial charge in [0.2, 0.25) is 5.95 Å². The molecule has 22 heavy (non-hydrogen) atoms. The van der Waals surface area contributed by atoms with Crippen LogP contribution in [0.2, 0.25) is 5.02 Å². The first kappa shape index (κ1) is 14.5. The summed E-state index contributed by atoms with van der Waals surface area (Å²) in [6.45, 7) is 4.06. The summed E-state index contributed by atoms with van der Waals surface area (Å²) >= 11 is 6.00. The molecule has 7 heteroatoms. The van der Waals surface area contributed by atoms with Crippen LogP contribution >= 0.6 is 11.6 Å². The topological polar surface area (TPSA) is 75.6 Å². The van der Waals surface area contributed by atoms with Gasteiger partial charge in [-0.3, -0.25) is 0 Å². The zero-order valence-corrected chi connectivity index (χ0v) is 13.0. The minimum Gasteiger partial charge on any atom is -0.352 e. The number of nitrogens with zero attached hydrogens (tertiary/aromatic N) is 4. The number of aromatic nitrogens is 4. The summed E-state index contributed by atoms with van der Waals surface area (Å²) in [6, 6.07) is 7.66. The second-order valence-electron chi connectivity index (χ2n) is 5.08. The van der Waals surface area contributed by atoms with Gasteiger partial charge in [0, 0.05) is 16.8 Å². The summed E-state index contributed by atoms with van der Waals surface area (Å²) in [4.78, 5) is 17.2. The Bertz CT molecular complexity index is 805. The average Bonchev–Trinajstić information content (AvgIpc) is 2.47. The molecule has 2 heterocycles. The summed E-state index contributed by atoms with van der Waals surface area (Å²) < 4.78 is 0. The number of nitrogens with one attached hydrogen (secondary N) is 2. The number of halogens is 1. The summed E-state index contributed by atoms with van der Waals surface area (Å²) in [5, 5.41) is 7.04. The van der Waals surface area contributed by atoms with E-state index in [0.29, 0.717) is 27.8 Å². The van der Waals surface area contributed by atoms with Gasteiger partial charge in [0.05, 0.1) is 6.20 Å². The van der Waals surface area contributed by atoms with Crippen LogP contribution in [0.1, 0.15) is 13.8 Å². The van der Waals surface area contributed by atoms with E-state index < -0.39 is 0 Å². The molecule has 0 aliphatic heterocycles. The van der Waals surface area contributed by atoms with Crippen LogP contribution in [0.5, 0.6) is 0 Å². The van der Waals surface area contributed by atoms with Crippen LogP contribution in [0.4, 0.5) is 17.5 Å². The monoisotopic (exact) mass is 314 g/mol. The quantitative estimate of drug-likeness (QED) is 0.765. The Kier molecular flexibility index (Phi) is 4.02. The van der Waals surface area contributed by atoms with Crippen LogP contribution in [-0.2, 0) is 0 Å². The van der Waals surface area contributed by atoms with Crippen molar-refractivity contribution in [3.8, 4) is 0 Å². The molecule has 0 bridgehead atoms. The summed E-state index contributed by atoms with van der Waals surface area (Å²) in [6.07, 6.45) is 3.16. The normalized spacial score (nSPS) is 10.9. The summed E-state index contributed by atoms with van der Waals surface area (Å²) in [7, 11) is 0. The molecule has 0 radical (unpaired) electrons. The molecule has 0 saturated carbocycles. The van der Waals surface area contributed by atoms with Gasteiger partial charge in [0.15, 0.2) is 5.82 Å². The standard InChI is InChI=1S/C15H15ClN6/c1-9(2)20-15-17-7-12-13(22-15)14(19-8-18-12)21-11-5-3-4-10(16)6-11/h3-9H,1-2H3,(H,17,20,22)(H,18,19,21). The number of rotatable bonds is 4. The van der Waals surface area contributed by atoms with Gasteiger partial charge in [-0.05, 0) is 32.0 Å². The van der Waals surface area contributed by atoms with E-state index >= 15 is 0 Å². The lowest BCUT2D eigenvalue weighted by Gasteiger charge is -2.11. The fourth-order valence-corrected chi connectivity index (χ4v) is 2.17. The summed E-state index contributed by atoms with van der Waals surface area (Å²) in [5.74, 6) is 1.16. The number of anilines is 3. The first-order valence-corrected chi connectivity index (χ1v) is 7.26. The van der Waals surface area contributed by atoms with E-state index in [4.69, 9.17) is 11.6 Å². The molecule has 0 saturated heterocycles. The molecule has 112 valence electrons. The van der Waals surface area contributed by atoms with Crippen molar-refractivity contribution in [2.24, 2.45) is 0 Å². The molecule has 0 atom stereocenters. The van der Waals surface area contributed by atoms with Gasteiger partial charge >= 0.3 is 0 Å². The maximum absolute atomic E-state index is 6.00. The SMILES string of the molecule is CC(C)Nc1ncc2ncnc(Nc3cccc(Cl)c3)c2n1. The third-order valence-corrected chi connectivity index (χ3v) is 3.12. The van der Waals surface area contributed by atoms with Crippen LogP contribution in [-0.4, -0.2) is 26.0 Å². The molecule has 0 aliphatic rings. The Hall–Kier alpha value is -2.47. The smallest absolute Gasteiger partial charge is 0.223 e. The Morgan fingerprint density at radius 1 is 1.14 bits per heavy atom.